The molecule has 4 aromatic rings. The lowest BCUT2D eigenvalue weighted by Gasteiger charge is -2.07. The Morgan fingerprint density at radius 3 is 2.79 bits per heavy atom. The highest BCUT2D eigenvalue weighted by Gasteiger charge is 2.24. The van der Waals surface area contributed by atoms with E-state index in [1.165, 1.54) is 11.3 Å². The summed E-state index contributed by atoms with van der Waals surface area (Å²) < 4.78 is 2.67. The Kier molecular flexibility index (Phi) is 3.33. The van der Waals surface area contributed by atoms with Gasteiger partial charge in [0.15, 0.2) is 0 Å². The van der Waals surface area contributed by atoms with E-state index < -0.39 is 0 Å². The Labute approximate surface area is 148 Å². The Bertz CT molecular complexity index is 1200. The zero-order valence-electron chi connectivity index (χ0n) is 12.1. The van der Waals surface area contributed by atoms with Crippen molar-refractivity contribution in [2.45, 2.75) is 0 Å². The van der Waals surface area contributed by atoms with E-state index in [9.17, 15) is 10.1 Å². The van der Waals surface area contributed by atoms with E-state index in [2.05, 4.69) is 32.0 Å². The number of hydrogen-bond acceptors (Lipinski definition) is 5. The van der Waals surface area contributed by atoms with E-state index in [-0.39, 0.29) is 16.9 Å². The standard InChI is InChI=1S/C16H8BrN5OS/c17-9-3-1-8(2-4-9)11-10(7-18)13(19)20-14-12(11)15(23)21-16-22(14)5-6-24-16/h1-6H,(H2,19,20,23)/p+1. The minimum absolute atomic E-state index is 0.105. The molecule has 0 aliphatic carbocycles. The van der Waals surface area contributed by atoms with Crippen molar-refractivity contribution in [3.63, 3.8) is 0 Å². The summed E-state index contributed by atoms with van der Waals surface area (Å²) in [4.78, 5) is 20.5. The Hall–Kier alpha value is -2.76. The van der Waals surface area contributed by atoms with Gasteiger partial charge >= 0.3 is 5.56 Å². The largest absolute Gasteiger partial charge is 0.369 e. The summed E-state index contributed by atoms with van der Waals surface area (Å²) >= 11 is 4.78. The van der Waals surface area contributed by atoms with Gasteiger partial charge in [0, 0.05) is 15.4 Å². The van der Waals surface area contributed by atoms with E-state index in [4.69, 9.17) is 5.73 Å². The number of nitrogen functional groups attached to an aromatic ring is 1. The van der Waals surface area contributed by atoms with Crippen LogP contribution < -0.4 is 15.7 Å². The van der Waals surface area contributed by atoms with Gasteiger partial charge in [-0.05, 0) is 17.7 Å². The summed E-state index contributed by atoms with van der Waals surface area (Å²) in [5.74, 6) is 0.105. The minimum atomic E-state index is -0.297. The van der Waals surface area contributed by atoms with Crippen molar-refractivity contribution >= 4 is 49.1 Å². The second-order valence-electron chi connectivity index (χ2n) is 5.10. The van der Waals surface area contributed by atoms with Gasteiger partial charge in [0.2, 0.25) is 5.82 Å². The number of nitriles is 1. The number of pyridine rings is 1. The predicted molar refractivity (Wildman–Crippen MR) is 95.7 cm³/mol. The molecular weight excluding hydrogens is 390 g/mol. The molecule has 0 unspecified atom stereocenters. The van der Waals surface area contributed by atoms with E-state index in [1.807, 2.05) is 35.8 Å². The number of aromatic nitrogens is 3. The highest BCUT2D eigenvalue weighted by molar-refractivity contribution is 9.10. The van der Waals surface area contributed by atoms with Crippen LogP contribution in [0.4, 0.5) is 5.82 Å². The molecule has 0 spiro atoms. The van der Waals surface area contributed by atoms with Gasteiger partial charge in [-0.25, -0.2) is 4.98 Å². The van der Waals surface area contributed by atoms with Crippen LogP contribution in [0.25, 0.3) is 27.1 Å². The number of nitrogens with zero attached hydrogens (tertiary/aromatic N) is 3. The average Bonchev–Trinajstić information content (AvgIpc) is 3.03. The first kappa shape index (κ1) is 14.8. The molecular formula is C16H9BrN5OS+. The fourth-order valence-electron chi connectivity index (χ4n) is 2.69. The zero-order valence-corrected chi connectivity index (χ0v) is 14.5. The summed E-state index contributed by atoms with van der Waals surface area (Å²) in [7, 11) is 0. The fourth-order valence-corrected chi connectivity index (χ4v) is 3.68. The first-order chi connectivity index (χ1) is 11.6. The number of aromatic amines is 1. The molecule has 0 bridgehead atoms. The molecule has 3 heterocycles. The molecule has 6 nitrogen and oxygen atoms in total. The number of benzene rings is 1. The number of hydrogen-bond donors (Lipinski definition) is 2. The summed E-state index contributed by atoms with van der Waals surface area (Å²) in [6.45, 7) is 0. The Morgan fingerprint density at radius 2 is 2.08 bits per heavy atom. The van der Waals surface area contributed by atoms with Crippen LogP contribution in [-0.2, 0) is 0 Å². The van der Waals surface area contributed by atoms with Crippen LogP contribution in [0.5, 0.6) is 0 Å². The number of nitrogens with two attached hydrogens (primary N) is 1. The molecule has 24 heavy (non-hydrogen) atoms. The van der Waals surface area contributed by atoms with Crippen LogP contribution in [-0.4, -0.2) is 9.97 Å². The summed E-state index contributed by atoms with van der Waals surface area (Å²) in [6, 6.07) is 9.45. The molecule has 1 aromatic carbocycles. The first-order valence-corrected chi connectivity index (χ1v) is 8.58. The monoisotopic (exact) mass is 398 g/mol. The molecule has 3 aromatic heterocycles. The smallest absolute Gasteiger partial charge is 0.319 e. The van der Waals surface area contributed by atoms with Gasteiger partial charge in [0.05, 0.1) is 6.20 Å². The number of anilines is 1. The SMILES string of the molecule is N#Cc1c(N)nc2c(c1-c1ccc(Br)cc1)c(=O)[nH]c1scc[n+]12. The van der Waals surface area contributed by atoms with Crippen molar-refractivity contribution in [3.05, 3.63) is 56.2 Å². The molecule has 0 saturated heterocycles. The highest BCUT2D eigenvalue weighted by Crippen LogP contribution is 2.32. The topological polar surface area (TPSA) is 99.7 Å². The quantitative estimate of drug-likeness (QED) is 0.481. The molecule has 0 amide bonds. The summed E-state index contributed by atoms with van der Waals surface area (Å²) in [5, 5.41) is 11.7. The van der Waals surface area contributed by atoms with Gasteiger partial charge in [-0.3, -0.25) is 4.79 Å². The third-order valence-electron chi connectivity index (χ3n) is 3.73. The van der Waals surface area contributed by atoms with Crippen LogP contribution in [0, 0.1) is 11.3 Å². The maximum atomic E-state index is 12.7. The molecule has 3 N–H and O–H groups in total. The molecule has 0 fully saturated rings. The second kappa shape index (κ2) is 5.40. The lowest BCUT2D eigenvalue weighted by atomic mass is 9.98. The van der Waals surface area contributed by atoms with Crippen molar-refractivity contribution in [3.8, 4) is 17.2 Å². The number of rotatable bonds is 1. The number of H-pyrrole nitrogens is 1. The molecule has 0 radical (unpaired) electrons. The lowest BCUT2D eigenvalue weighted by Crippen LogP contribution is -2.28. The number of halogens is 1. The molecule has 0 saturated carbocycles. The molecule has 0 aliphatic heterocycles. The Morgan fingerprint density at radius 1 is 1.33 bits per heavy atom. The number of nitrogens with one attached hydrogen (secondary N) is 1. The fraction of sp³-hybridized carbons (Fsp3) is 0. The highest BCUT2D eigenvalue weighted by atomic mass is 79.9. The van der Waals surface area contributed by atoms with Gasteiger partial charge in [0.1, 0.15) is 17.0 Å². The van der Waals surface area contributed by atoms with Gasteiger partial charge in [-0.2, -0.15) is 9.66 Å². The number of thiazole rings is 1. The van der Waals surface area contributed by atoms with Crippen LogP contribution >= 0.6 is 27.3 Å². The molecule has 0 atom stereocenters. The predicted octanol–water partition coefficient (Wildman–Crippen LogP) is 2.61. The van der Waals surface area contributed by atoms with E-state index in [1.54, 1.807) is 4.40 Å². The summed E-state index contributed by atoms with van der Waals surface area (Å²) in [5.41, 5.74) is 7.57. The van der Waals surface area contributed by atoms with Crippen molar-refractivity contribution in [2.24, 2.45) is 0 Å². The zero-order chi connectivity index (χ0) is 16.8. The van der Waals surface area contributed by atoms with E-state index in [0.717, 1.165) is 10.0 Å². The third-order valence-corrected chi connectivity index (χ3v) is 5.04. The van der Waals surface area contributed by atoms with Crippen molar-refractivity contribution in [1.29, 1.82) is 5.26 Å². The summed E-state index contributed by atoms with van der Waals surface area (Å²) in [6.07, 6.45) is 1.81. The van der Waals surface area contributed by atoms with Gasteiger partial charge in [-0.15, -0.1) is 0 Å². The second-order valence-corrected chi connectivity index (χ2v) is 6.91. The molecule has 0 aliphatic rings. The number of fused-ring (bicyclic) bond motifs is 3. The van der Waals surface area contributed by atoms with E-state index >= 15 is 0 Å². The van der Waals surface area contributed by atoms with Gasteiger partial charge < -0.3 is 5.73 Å². The van der Waals surface area contributed by atoms with Crippen LogP contribution in [0.3, 0.4) is 0 Å². The van der Waals surface area contributed by atoms with Crippen LogP contribution in [0.1, 0.15) is 5.56 Å². The van der Waals surface area contributed by atoms with Gasteiger partial charge in [0.25, 0.3) is 10.6 Å². The molecule has 4 rings (SSSR count). The third kappa shape index (κ3) is 2.10. The first-order valence-electron chi connectivity index (χ1n) is 6.90. The van der Waals surface area contributed by atoms with Crippen molar-refractivity contribution < 1.29 is 4.40 Å². The minimum Gasteiger partial charge on any atom is -0.369 e. The van der Waals surface area contributed by atoms with Crippen molar-refractivity contribution in [2.75, 3.05) is 5.73 Å². The molecule has 8 heteroatoms. The maximum absolute atomic E-state index is 12.7. The van der Waals surface area contributed by atoms with E-state index in [0.29, 0.717) is 21.6 Å². The van der Waals surface area contributed by atoms with Crippen LogP contribution in [0.2, 0.25) is 0 Å². The van der Waals surface area contributed by atoms with Crippen LogP contribution in [0.15, 0.2) is 45.1 Å². The maximum Gasteiger partial charge on any atom is 0.319 e. The van der Waals surface area contributed by atoms with Crippen molar-refractivity contribution in [1.82, 2.24) is 9.97 Å². The van der Waals surface area contributed by atoms with Gasteiger partial charge in [-0.1, -0.05) is 44.4 Å². The lowest BCUT2D eigenvalue weighted by molar-refractivity contribution is -0.482. The average molecular weight is 399 g/mol. The normalized spacial score (nSPS) is 11.0. The Balaban J connectivity index is 2.27. The molecule has 116 valence electrons.